The van der Waals surface area contributed by atoms with E-state index in [0.29, 0.717) is 0 Å². The van der Waals surface area contributed by atoms with E-state index in [2.05, 4.69) is 0 Å². The van der Waals surface area contributed by atoms with Gasteiger partial charge in [-0.25, -0.2) is 10.1 Å². The number of hydrogen-bond acceptors (Lipinski definition) is 2. The van der Waals surface area contributed by atoms with Crippen molar-refractivity contribution < 1.29 is 14.0 Å². The number of benzene rings is 3. The molecule has 0 aromatic heterocycles. The Bertz CT molecular complexity index is 782. The van der Waals surface area contributed by atoms with Gasteiger partial charge in [0.1, 0.15) is 0 Å². The van der Waals surface area contributed by atoms with Gasteiger partial charge in [-0.05, 0) is 23.6 Å². The predicted molar refractivity (Wildman–Crippen MR) is 104 cm³/mol. The number of rotatable bonds is 6. The molecular weight excluding hydrogens is 345 g/mol. The van der Waals surface area contributed by atoms with E-state index in [1.807, 2.05) is 91.0 Å². The summed E-state index contributed by atoms with van der Waals surface area (Å²) in [6.07, 6.45) is -0.685. The lowest BCUT2D eigenvalue weighted by Crippen LogP contribution is -2.41. The normalized spacial score (nSPS) is 15.2. The third-order valence-corrected chi connectivity index (χ3v) is 5.22. The fraction of sp³-hybridized carbons (Fsp3) is 0.143. The second-order valence-corrected chi connectivity index (χ2v) is 7.56. The first-order valence-corrected chi connectivity index (χ1v) is 10.1. The Kier molecular flexibility index (Phi) is 5.40. The van der Waals surface area contributed by atoms with Crippen LogP contribution in [0.15, 0.2) is 91.0 Å². The molecular formula is C21H22NO3P. The van der Waals surface area contributed by atoms with Crippen molar-refractivity contribution in [2.75, 3.05) is 0 Å². The number of nitrogens with two attached hydrogens (primary N) is 1. The van der Waals surface area contributed by atoms with E-state index >= 15 is 0 Å². The Morgan fingerprint density at radius 3 is 1.38 bits per heavy atom. The van der Waals surface area contributed by atoms with E-state index in [-0.39, 0.29) is 0 Å². The van der Waals surface area contributed by atoms with Crippen molar-refractivity contribution in [1.82, 2.24) is 0 Å². The van der Waals surface area contributed by atoms with Gasteiger partial charge in [-0.15, -0.1) is 0 Å². The Hall–Kier alpha value is -2.23. The molecule has 0 bridgehead atoms. The van der Waals surface area contributed by atoms with Gasteiger partial charge in [0.25, 0.3) is 0 Å². The zero-order valence-electron chi connectivity index (χ0n) is 14.5. The Morgan fingerprint density at radius 2 is 1.12 bits per heavy atom. The van der Waals surface area contributed by atoms with Crippen LogP contribution in [0.3, 0.4) is 0 Å². The summed E-state index contributed by atoms with van der Waals surface area (Å²) in [7, 11) is -4.18. The zero-order valence-corrected chi connectivity index (χ0v) is 15.4. The minimum atomic E-state index is -4.18. The van der Waals surface area contributed by atoms with Crippen LogP contribution in [-0.4, -0.2) is 11.0 Å². The molecule has 1 unspecified atom stereocenters. The van der Waals surface area contributed by atoms with Gasteiger partial charge in [-0.2, -0.15) is 0 Å². The summed E-state index contributed by atoms with van der Waals surface area (Å²) in [6.45, 7) is 1.78. The van der Waals surface area contributed by atoms with Crippen molar-refractivity contribution in [3.05, 3.63) is 108 Å². The summed E-state index contributed by atoms with van der Waals surface area (Å²) in [5.74, 6) is 0. The highest BCUT2D eigenvalue weighted by Crippen LogP contribution is 2.47. The molecule has 3 N–H and O–H groups in total. The molecule has 0 aliphatic rings. The third-order valence-electron chi connectivity index (χ3n) is 4.61. The van der Waals surface area contributed by atoms with Crippen LogP contribution in [-0.2, 0) is 14.5 Å². The first-order chi connectivity index (χ1) is 12.4. The second kappa shape index (κ2) is 7.56. The lowest BCUT2D eigenvalue weighted by molar-refractivity contribution is 0.144. The summed E-state index contributed by atoms with van der Waals surface area (Å²) in [4.78, 5) is 9.70. The molecule has 0 radical (unpaired) electrons. The van der Waals surface area contributed by atoms with Crippen LogP contribution < -0.4 is 5.50 Å². The van der Waals surface area contributed by atoms with E-state index in [1.54, 1.807) is 6.92 Å². The van der Waals surface area contributed by atoms with E-state index < -0.39 is 19.3 Å². The molecule has 3 rings (SSSR count). The zero-order chi connectivity index (χ0) is 18.6. The minimum Gasteiger partial charge on any atom is -0.313 e. The molecule has 0 fully saturated rings. The molecule has 0 aliphatic carbocycles. The maximum atomic E-state index is 11.9. The highest BCUT2D eigenvalue weighted by atomic mass is 31.2. The molecule has 0 heterocycles. The Labute approximate surface area is 153 Å². The third kappa shape index (κ3) is 3.64. The first kappa shape index (κ1) is 18.6. The molecule has 3 aromatic rings. The summed E-state index contributed by atoms with van der Waals surface area (Å²) < 4.78 is 17.3. The van der Waals surface area contributed by atoms with Gasteiger partial charge in [0.05, 0.1) is 11.5 Å². The van der Waals surface area contributed by atoms with Crippen molar-refractivity contribution in [2.45, 2.75) is 18.4 Å². The van der Waals surface area contributed by atoms with Gasteiger partial charge in [0, 0.05) is 0 Å². The van der Waals surface area contributed by atoms with E-state index in [1.165, 1.54) is 0 Å². The molecule has 4 nitrogen and oxygen atoms in total. The molecule has 26 heavy (non-hydrogen) atoms. The highest BCUT2D eigenvalue weighted by Gasteiger charge is 2.44. The Morgan fingerprint density at radius 1 is 0.808 bits per heavy atom. The van der Waals surface area contributed by atoms with E-state index in [9.17, 15) is 9.46 Å². The van der Waals surface area contributed by atoms with Crippen molar-refractivity contribution >= 4 is 7.75 Å². The maximum Gasteiger partial charge on any atom is 0.400 e. The lowest BCUT2D eigenvalue weighted by atomic mass is 9.66. The molecule has 2 atom stereocenters. The topological polar surface area (TPSA) is 72.5 Å². The van der Waals surface area contributed by atoms with Gasteiger partial charge in [0.2, 0.25) is 0 Å². The molecule has 0 aliphatic heterocycles. The van der Waals surface area contributed by atoms with Crippen LogP contribution in [0.5, 0.6) is 0 Å². The summed E-state index contributed by atoms with van der Waals surface area (Å²) >= 11 is 0. The van der Waals surface area contributed by atoms with Crippen molar-refractivity contribution in [3.8, 4) is 0 Å². The van der Waals surface area contributed by atoms with E-state index in [4.69, 9.17) is 10.0 Å². The van der Waals surface area contributed by atoms with Gasteiger partial charge >= 0.3 is 7.75 Å². The van der Waals surface area contributed by atoms with Crippen molar-refractivity contribution in [1.29, 1.82) is 0 Å². The van der Waals surface area contributed by atoms with Crippen LogP contribution in [0, 0.1) is 0 Å². The molecule has 3 aromatic carbocycles. The summed E-state index contributed by atoms with van der Waals surface area (Å²) in [5, 5.41) is 0. The summed E-state index contributed by atoms with van der Waals surface area (Å²) in [6, 6.07) is 29.5. The second-order valence-electron chi connectivity index (χ2n) is 6.22. The number of hydrogen-bond donors (Lipinski definition) is 2. The smallest absolute Gasteiger partial charge is 0.313 e. The summed E-state index contributed by atoms with van der Waals surface area (Å²) in [5.41, 5.74) is 7.44. The van der Waals surface area contributed by atoms with Crippen molar-refractivity contribution in [2.24, 2.45) is 5.50 Å². The molecule has 0 amide bonds. The SMILES string of the molecule is C[C@H](OP(N)(=O)O)C(c1ccccc1)(c1ccccc1)c1ccccc1. The Balaban J connectivity index is 2.33. The quantitative estimate of drug-likeness (QED) is 0.497. The largest absolute Gasteiger partial charge is 0.400 e. The molecule has 0 spiro atoms. The molecule has 134 valence electrons. The standard InChI is InChI=1S/C21H22NO3P/c1-17(25-26(22,23)24)21(18-11-5-2-6-12-18,19-13-7-3-8-14-19)20-15-9-4-10-16-20/h2-17H,1H3,(H3,22,23,24)/t17-/m0/s1. The van der Waals surface area contributed by atoms with E-state index in [0.717, 1.165) is 16.7 Å². The van der Waals surface area contributed by atoms with Crippen molar-refractivity contribution in [3.63, 3.8) is 0 Å². The highest BCUT2D eigenvalue weighted by molar-refractivity contribution is 7.50. The lowest BCUT2D eigenvalue weighted by Gasteiger charge is -2.40. The van der Waals surface area contributed by atoms with Crippen LogP contribution in [0.25, 0.3) is 0 Å². The molecule has 5 heteroatoms. The van der Waals surface area contributed by atoms with Gasteiger partial charge in [-0.1, -0.05) is 91.0 Å². The van der Waals surface area contributed by atoms with Crippen LogP contribution >= 0.6 is 7.75 Å². The minimum absolute atomic E-state index is 0.685. The van der Waals surface area contributed by atoms with Gasteiger partial charge in [0.15, 0.2) is 0 Å². The van der Waals surface area contributed by atoms with Crippen LogP contribution in [0.2, 0.25) is 0 Å². The maximum absolute atomic E-state index is 11.9. The van der Waals surface area contributed by atoms with Gasteiger partial charge in [-0.3, -0.25) is 4.52 Å². The molecule has 0 saturated carbocycles. The fourth-order valence-electron chi connectivity index (χ4n) is 3.61. The average Bonchev–Trinajstić information content (AvgIpc) is 2.64. The first-order valence-electron chi connectivity index (χ1n) is 8.41. The van der Waals surface area contributed by atoms with Gasteiger partial charge < -0.3 is 4.89 Å². The fourth-order valence-corrected chi connectivity index (χ4v) is 4.22. The average molecular weight is 367 g/mol. The van der Waals surface area contributed by atoms with Crippen LogP contribution in [0.1, 0.15) is 23.6 Å². The predicted octanol–water partition coefficient (Wildman–Crippen LogP) is 4.49. The monoisotopic (exact) mass is 367 g/mol. The van der Waals surface area contributed by atoms with Crippen LogP contribution in [0.4, 0.5) is 0 Å². The molecule has 0 saturated heterocycles.